The third-order valence-corrected chi connectivity index (χ3v) is 4.96. The van der Waals surface area contributed by atoms with Crippen molar-refractivity contribution in [2.45, 2.75) is 12.6 Å². The molecule has 0 unspecified atom stereocenters. The Bertz CT molecular complexity index is 695. The van der Waals surface area contributed by atoms with Crippen molar-refractivity contribution in [3.63, 3.8) is 0 Å². The minimum Gasteiger partial charge on any atom is -0.493 e. The summed E-state index contributed by atoms with van der Waals surface area (Å²) in [4.78, 5) is 6.37. The largest absolute Gasteiger partial charge is 0.493 e. The van der Waals surface area contributed by atoms with Crippen molar-refractivity contribution in [2.24, 2.45) is 11.8 Å². The van der Waals surface area contributed by atoms with Crippen LogP contribution >= 0.6 is 0 Å². The smallest absolute Gasteiger partial charge is 0.124 e. The molecule has 4 rings (SSSR count). The Hall–Kier alpha value is -1.98. The highest BCUT2D eigenvalue weighted by molar-refractivity contribution is 5.39. The molecule has 4 nitrogen and oxygen atoms in total. The minimum absolute atomic E-state index is 0.0831. The van der Waals surface area contributed by atoms with Gasteiger partial charge in [0.05, 0.1) is 6.61 Å². The van der Waals surface area contributed by atoms with Crippen LogP contribution in [0.4, 0.5) is 4.39 Å². The quantitative estimate of drug-likeness (QED) is 0.945. The topological polar surface area (TPSA) is 45.6 Å². The average Bonchev–Trinajstić information content (AvgIpc) is 2.94. The van der Waals surface area contributed by atoms with Gasteiger partial charge in [0.15, 0.2) is 0 Å². The lowest BCUT2D eigenvalue weighted by Gasteiger charge is -2.34. The lowest BCUT2D eigenvalue weighted by atomic mass is 9.85. The van der Waals surface area contributed by atoms with E-state index in [1.807, 2.05) is 12.1 Å². The summed E-state index contributed by atoms with van der Waals surface area (Å²) in [6, 6.07) is 8.79. The van der Waals surface area contributed by atoms with Crippen LogP contribution in [0.1, 0.15) is 17.2 Å². The van der Waals surface area contributed by atoms with Crippen molar-refractivity contribution in [3.8, 4) is 5.75 Å². The van der Waals surface area contributed by atoms with E-state index in [2.05, 4.69) is 9.88 Å². The number of ether oxygens (including phenoxy) is 1. The molecule has 1 aromatic carbocycles. The summed E-state index contributed by atoms with van der Waals surface area (Å²) in [5, 5.41) is 9.73. The van der Waals surface area contributed by atoms with Gasteiger partial charge >= 0.3 is 0 Å². The van der Waals surface area contributed by atoms with Crippen LogP contribution in [0.5, 0.6) is 5.75 Å². The SMILES string of the molecule is OC[C@@H]1CN(Cc2ccncc2)[C@H]2c3cc(F)ccc3OC[C@@H]12. The van der Waals surface area contributed by atoms with Gasteiger partial charge in [-0.15, -0.1) is 0 Å². The molecule has 1 N–H and O–H groups in total. The summed E-state index contributed by atoms with van der Waals surface area (Å²) in [6.07, 6.45) is 3.56. The Balaban J connectivity index is 1.70. The molecule has 0 bridgehead atoms. The van der Waals surface area contributed by atoms with Crippen molar-refractivity contribution < 1.29 is 14.2 Å². The van der Waals surface area contributed by atoms with Crippen LogP contribution in [-0.2, 0) is 6.54 Å². The Morgan fingerprint density at radius 1 is 1.26 bits per heavy atom. The van der Waals surface area contributed by atoms with Crippen molar-refractivity contribution >= 4 is 0 Å². The highest BCUT2D eigenvalue weighted by Crippen LogP contribution is 2.47. The molecule has 5 heteroatoms. The number of hydrogen-bond donors (Lipinski definition) is 1. The van der Waals surface area contributed by atoms with Gasteiger partial charge in [-0.05, 0) is 35.9 Å². The molecule has 1 aromatic heterocycles. The van der Waals surface area contributed by atoms with Crippen molar-refractivity contribution in [1.82, 2.24) is 9.88 Å². The molecule has 23 heavy (non-hydrogen) atoms. The van der Waals surface area contributed by atoms with Gasteiger partial charge in [-0.1, -0.05) is 0 Å². The third-order valence-electron chi connectivity index (χ3n) is 4.96. The van der Waals surface area contributed by atoms with Gasteiger partial charge in [0.2, 0.25) is 0 Å². The summed E-state index contributed by atoms with van der Waals surface area (Å²) < 4.78 is 19.6. The molecule has 3 atom stereocenters. The predicted molar refractivity (Wildman–Crippen MR) is 83.3 cm³/mol. The van der Waals surface area contributed by atoms with E-state index < -0.39 is 0 Å². The number of rotatable bonds is 3. The number of hydrogen-bond acceptors (Lipinski definition) is 4. The van der Waals surface area contributed by atoms with E-state index in [1.54, 1.807) is 24.5 Å². The number of pyridine rings is 1. The standard InChI is InChI=1S/C18H19FN2O2/c19-14-1-2-17-15(7-14)18-16(11-23-17)13(10-22)9-21(18)8-12-3-5-20-6-4-12/h1-7,13,16,18,22H,8-11H2/t13-,16-,18-/m0/s1. The zero-order chi connectivity index (χ0) is 15.8. The summed E-state index contributed by atoms with van der Waals surface area (Å²) in [5.74, 6) is 0.852. The summed E-state index contributed by atoms with van der Waals surface area (Å²) in [7, 11) is 0. The fourth-order valence-electron chi connectivity index (χ4n) is 3.88. The number of fused-ring (bicyclic) bond motifs is 3. The van der Waals surface area contributed by atoms with Crippen LogP contribution in [0.15, 0.2) is 42.7 Å². The Morgan fingerprint density at radius 3 is 2.87 bits per heavy atom. The number of aliphatic hydroxyl groups is 1. The second-order valence-electron chi connectivity index (χ2n) is 6.33. The minimum atomic E-state index is -0.246. The second kappa shape index (κ2) is 5.91. The van der Waals surface area contributed by atoms with Gasteiger partial charge < -0.3 is 9.84 Å². The van der Waals surface area contributed by atoms with E-state index in [1.165, 1.54) is 11.6 Å². The molecule has 3 heterocycles. The van der Waals surface area contributed by atoms with E-state index in [4.69, 9.17) is 4.74 Å². The second-order valence-corrected chi connectivity index (χ2v) is 6.33. The highest BCUT2D eigenvalue weighted by atomic mass is 19.1. The predicted octanol–water partition coefficient (Wildman–Crippen LogP) is 2.39. The fraction of sp³-hybridized carbons (Fsp3) is 0.389. The molecular weight excluding hydrogens is 295 g/mol. The van der Waals surface area contributed by atoms with E-state index >= 15 is 0 Å². The first kappa shape index (κ1) is 14.6. The molecular formula is C18H19FN2O2. The highest BCUT2D eigenvalue weighted by Gasteiger charge is 2.45. The molecule has 0 aliphatic carbocycles. The molecule has 2 aliphatic rings. The number of halogens is 1. The van der Waals surface area contributed by atoms with Crippen molar-refractivity contribution in [3.05, 3.63) is 59.7 Å². The molecule has 2 aliphatic heterocycles. The van der Waals surface area contributed by atoms with Crippen LogP contribution in [0.3, 0.4) is 0 Å². The normalized spacial score (nSPS) is 26.4. The van der Waals surface area contributed by atoms with E-state index in [0.717, 1.165) is 24.4 Å². The number of aromatic nitrogens is 1. The van der Waals surface area contributed by atoms with Gasteiger partial charge in [0.1, 0.15) is 11.6 Å². The van der Waals surface area contributed by atoms with Gasteiger partial charge in [0, 0.05) is 55.5 Å². The lowest BCUT2D eigenvalue weighted by Crippen LogP contribution is -2.32. The van der Waals surface area contributed by atoms with Gasteiger partial charge in [-0.25, -0.2) is 4.39 Å². The van der Waals surface area contributed by atoms with Crippen LogP contribution in [0.2, 0.25) is 0 Å². The monoisotopic (exact) mass is 314 g/mol. The first-order valence-electron chi connectivity index (χ1n) is 7.92. The Morgan fingerprint density at radius 2 is 2.09 bits per heavy atom. The van der Waals surface area contributed by atoms with E-state index in [-0.39, 0.29) is 30.3 Å². The van der Waals surface area contributed by atoms with Crippen LogP contribution < -0.4 is 4.74 Å². The zero-order valence-corrected chi connectivity index (χ0v) is 12.7. The summed E-state index contributed by atoms with van der Waals surface area (Å²) in [6.45, 7) is 2.24. The molecule has 1 saturated heterocycles. The van der Waals surface area contributed by atoms with Crippen molar-refractivity contribution in [1.29, 1.82) is 0 Å². The molecule has 0 saturated carbocycles. The number of likely N-dealkylation sites (tertiary alicyclic amines) is 1. The molecule has 2 aromatic rings. The third kappa shape index (κ3) is 2.60. The van der Waals surface area contributed by atoms with Gasteiger partial charge in [0.25, 0.3) is 0 Å². The summed E-state index contributed by atoms with van der Waals surface area (Å²) >= 11 is 0. The molecule has 1 fully saturated rings. The Kier molecular flexibility index (Phi) is 3.75. The number of aliphatic hydroxyl groups excluding tert-OH is 1. The van der Waals surface area contributed by atoms with Crippen LogP contribution in [-0.4, -0.2) is 34.7 Å². The van der Waals surface area contributed by atoms with Gasteiger partial charge in [-0.3, -0.25) is 9.88 Å². The fourth-order valence-corrected chi connectivity index (χ4v) is 3.88. The molecule has 0 radical (unpaired) electrons. The number of benzene rings is 1. The molecule has 0 spiro atoms. The van der Waals surface area contributed by atoms with E-state index in [9.17, 15) is 9.50 Å². The molecule has 120 valence electrons. The lowest BCUT2D eigenvalue weighted by molar-refractivity contribution is 0.118. The average molecular weight is 314 g/mol. The van der Waals surface area contributed by atoms with Crippen molar-refractivity contribution in [2.75, 3.05) is 19.8 Å². The van der Waals surface area contributed by atoms with Crippen LogP contribution in [0.25, 0.3) is 0 Å². The molecule has 0 amide bonds. The van der Waals surface area contributed by atoms with Crippen LogP contribution in [0, 0.1) is 17.7 Å². The Labute approximate surface area is 134 Å². The maximum Gasteiger partial charge on any atom is 0.124 e. The maximum atomic E-state index is 13.8. The van der Waals surface area contributed by atoms with Gasteiger partial charge in [-0.2, -0.15) is 0 Å². The maximum absolute atomic E-state index is 13.8. The summed E-state index contributed by atoms with van der Waals surface area (Å²) in [5.41, 5.74) is 2.06. The van der Waals surface area contributed by atoms with E-state index in [0.29, 0.717) is 6.61 Å². The zero-order valence-electron chi connectivity index (χ0n) is 12.7. The number of nitrogens with zero attached hydrogens (tertiary/aromatic N) is 2. The first-order valence-corrected chi connectivity index (χ1v) is 7.92. The first-order chi connectivity index (χ1) is 11.3.